The number of aromatic nitrogens is 5. The second-order valence-electron chi connectivity index (χ2n) is 9.15. The van der Waals surface area contributed by atoms with E-state index in [2.05, 4.69) is 20.2 Å². The molecule has 1 aliphatic heterocycles. The Hall–Kier alpha value is -4.17. The molecule has 3 aromatic heterocycles. The molecule has 0 saturated carbocycles. The lowest BCUT2D eigenvalue weighted by atomic mass is 9.97. The molecule has 2 unspecified atom stereocenters. The average Bonchev–Trinajstić information content (AvgIpc) is 3.57. The number of piperidine rings is 1. The smallest absolute Gasteiger partial charge is 0.434 e. The highest BCUT2D eigenvalue weighted by molar-refractivity contribution is 5.70. The van der Waals surface area contributed by atoms with Gasteiger partial charge in [-0.25, -0.2) is 14.1 Å². The highest BCUT2D eigenvalue weighted by atomic mass is 19.4. The summed E-state index contributed by atoms with van der Waals surface area (Å²) in [6.45, 7) is 1.32. The highest BCUT2D eigenvalue weighted by Gasteiger charge is 2.41. The second-order valence-corrected chi connectivity index (χ2v) is 9.15. The Labute approximate surface area is 218 Å². The normalized spacial score (nSPS) is 17.3. The first kappa shape index (κ1) is 26.4. The van der Waals surface area contributed by atoms with Crippen LogP contribution in [-0.4, -0.2) is 65.6 Å². The van der Waals surface area contributed by atoms with Gasteiger partial charge in [0, 0.05) is 18.7 Å². The molecule has 10 nitrogen and oxygen atoms in total. The Morgan fingerprint density at radius 1 is 1.15 bits per heavy atom. The van der Waals surface area contributed by atoms with Gasteiger partial charge in [-0.2, -0.15) is 23.3 Å². The number of hydrogen-bond acceptors (Lipinski definition) is 8. The zero-order valence-corrected chi connectivity index (χ0v) is 20.2. The van der Waals surface area contributed by atoms with Crippen molar-refractivity contribution in [2.75, 3.05) is 19.6 Å². The summed E-state index contributed by atoms with van der Waals surface area (Å²) >= 11 is 0. The van der Waals surface area contributed by atoms with E-state index in [1.807, 2.05) is 4.90 Å². The molecule has 1 saturated heterocycles. The van der Waals surface area contributed by atoms with Gasteiger partial charge >= 0.3 is 12.1 Å². The second kappa shape index (κ2) is 10.5. The molecule has 0 spiro atoms. The van der Waals surface area contributed by atoms with Crippen molar-refractivity contribution in [3.05, 3.63) is 65.9 Å². The quantitative estimate of drug-likeness (QED) is 0.331. The fourth-order valence-electron chi connectivity index (χ4n) is 4.52. The Kier molecular flexibility index (Phi) is 7.14. The lowest BCUT2D eigenvalue weighted by molar-refractivity contribution is -0.144. The molecule has 14 heteroatoms. The summed E-state index contributed by atoms with van der Waals surface area (Å²) in [7, 11) is 0. The maximum atomic E-state index is 14.0. The van der Waals surface area contributed by atoms with Crippen molar-refractivity contribution in [2.24, 2.45) is 5.92 Å². The number of carboxylic acid groups (broad SMARTS) is 1. The van der Waals surface area contributed by atoms with Crippen molar-refractivity contribution < 1.29 is 37.1 Å². The van der Waals surface area contributed by atoms with Crippen LogP contribution in [0.1, 0.15) is 30.2 Å². The summed E-state index contributed by atoms with van der Waals surface area (Å²) in [5.74, 6) is -2.66. The van der Waals surface area contributed by atoms with E-state index in [9.17, 15) is 32.6 Å². The Balaban J connectivity index is 1.34. The van der Waals surface area contributed by atoms with Gasteiger partial charge in [-0.3, -0.25) is 9.69 Å². The molecule has 2 N–H and O–H groups in total. The maximum absolute atomic E-state index is 14.0. The minimum atomic E-state index is -4.87. The number of aliphatic hydroxyl groups is 1. The Bertz CT molecular complexity index is 1450. The number of nitrogens with zero attached hydrogens (tertiary/aromatic N) is 6. The van der Waals surface area contributed by atoms with Crippen LogP contribution in [0.2, 0.25) is 0 Å². The van der Waals surface area contributed by atoms with Gasteiger partial charge in [-0.1, -0.05) is 29.4 Å². The highest BCUT2D eigenvalue weighted by Crippen LogP contribution is 2.38. The molecule has 4 heterocycles. The van der Waals surface area contributed by atoms with E-state index in [-0.39, 0.29) is 18.2 Å². The van der Waals surface area contributed by atoms with Crippen LogP contribution in [-0.2, 0) is 11.0 Å². The number of carboxylic acids is 1. The van der Waals surface area contributed by atoms with E-state index in [1.165, 1.54) is 0 Å². The lowest BCUT2D eigenvalue weighted by Gasteiger charge is -2.32. The number of aliphatic carboxylic acids is 1. The van der Waals surface area contributed by atoms with Crippen LogP contribution in [0, 0.1) is 11.7 Å². The van der Waals surface area contributed by atoms with Gasteiger partial charge in [0.1, 0.15) is 5.82 Å². The first-order valence-corrected chi connectivity index (χ1v) is 11.9. The number of aliphatic hydroxyl groups excluding tert-OH is 1. The van der Waals surface area contributed by atoms with Crippen LogP contribution in [0.3, 0.4) is 0 Å². The summed E-state index contributed by atoms with van der Waals surface area (Å²) in [5.41, 5.74) is -0.669. The Morgan fingerprint density at radius 3 is 2.59 bits per heavy atom. The van der Waals surface area contributed by atoms with Gasteiger partial charge in [0.25, 0.3) is 5.89 Å². The average molecular weight is 546 g/mol. The fraction of sp³-hybridized carbons (Fsp3) is 0.320. The van der Waals surface area contributed by atoms with E-state index in [0.717, 1.165) is 30.9 Å². The standard InChI is InChI=1S/C25H22F4N6O4/c26-17-7-8-20(30-10-17)35-21(25(27,28)29)18(11-31-35)23-32-22(33-39-23)15-5-3-14(4-6-15)19(36)13-34-9-1-2-16(12-34)24(37)38/h3-8,10-11,16,19,36H,1-2,9,12-13H2,(H,37,38). The third-order valence-corrected chi connectivity index (χ3v) is 6.46. The van der Waals surface area contributed by atoms with Crippen LogP contribution < -0.4 is 0 Å². The summed E-state index contributed by atoms with van der Waals surface area (Å²) < 4.78 is 60.7. The summed E-state index contributed by atoms with van der Waals surface area (Å²) in [5, 5.41) is 27.4. The molecule has 1 fully saturated rings. The van der Waals surface area contributed by atoms with Crippen LogP contribution in [0.4, 0.5) is 17.6 Å². The SMILES string of the molecule is O=C(O)C1CCCN(CC(O)c2ccc(-c3noc(-c4cnn(-c5ccc(F)cn5)c4C(F)(F)F)n3)cc2)C1. The van der Waals surface area contributed by atoms with Crippen molar-refractivity contribution >= 4 is 5.97 Å². The number of rotatable bonds is 7. The van der Waals surface area contributed by atoms with Crippen LogP contribution >= 0.6 is 0 Å². The molecule has 2 atom stereocenters. The van der Waals surface area contributed by atoms with Gasteiger partial charge in [0.15, 0.2) is 11.5 Å². The molecule has 0 bridgehead atoms. The summed E-state index contributed by atoms with van der Waals surface area (Å²) in [6.07, 6.45) is -2.70. The predicted molar refractivity (Wildman–Crippen MR) is 127 cm³/mol. The van der Waals surface area contributed by atoms with E-state index in [4.69, 9.17) is 4.52 Å². The van der Waals surface area contributed by atoms with Gasteiger partial charge < -0.3 is 14.7 Å². The van der Waals surface area contributed by atoms with Gasteiger partial charge in [0.05, 0.1) is 30.0 Å². The number of halogens is 4. The third-order valence-electron chi connectivity index (χ3n) is 6.46. The molecule has 39 heavy (non-hydrogen) atoms. The van der Waals surface area contributed by atoms with Crippen molar-refractivity contribution in [3.8, 4) is 28.7 Å². The number of pyridine rings is 1. The van der Waals surface area contributed by atoms with Crippen LogP contribution in [0.25, 0.3) is 28.7 Å². The van der Waals surface area contributed by atoms with Gasteiger partial charge in [-0.15, -0.1) is 0 Å². The molecular formula is C25H22F4N6O4. The fourth-order valence-corrected chi connectivity index (χ4v) is 4.52. The number of benzene rings is 1. The van der Waals surface area contributed by atoms with E-state index in [1.54, 1.807) is 24.3 Å². The summed E-state index contributed by atoms with van der Waals surface area (Å²) in [6, 6.07) is 8.49. The first-order valence-electron chi connectivity index (χ1n) is 11.9. The Morgan fingerprint density at radius 2 is 1.92 bits per heavy atom. The molecule has 5 rings (SSSR count). The number of β-amino-alcohol motifs (C(OH)–C–C–N with tert-alkyl or cyclic N) is 1. The van der Waals surface area contributed by atoms with Crippen molar-refractivity contribution in [3.63, 3.8) is 0 Å². The minimum absolute atomic E-state index is 0.0205. The number of alkyl halides is 3. The van der Waals surface area contributed by atoms with Gasteiger partial charge in [0.2, 0.25) is 5.82 Å². The zero-order valence-electron chi connectivity index (χ0n) is 20.2. The molecule has 0 amide bonds. The number of likely N-dealkylation sites (tertiary alicyclic amines) is 1. The van der Waals surface area contributed by atoms with E-state index in [0.29, 0.717) is 35.3 Å². The predicted octanol–water partition coefficient (Wildman–Crippen LogP) is 3.97. The minimum Gasteiger partial charge on any atom is -0.481 e. The molecular weight excluding hydrogens is 524 g/mol. The van der Waals surface area contributed by atoms with Crippen molar-refractivity contribution in [1.29, 1.82) is 0 Å². The molecule has 0 aliphatic carbocycles. The van der Waals surface area contributed by atoms with E-state index >= 15 is 0 Å². The van der Waals surface area contributed by atoms with Crippen molar-refractivity contribution in [2.45, 2.75) is 25.1 Å². The van der Waals surface area contributed by atoms with Gasteiger partial charge in [-0.05, 0) is 37.1 Å². The maximum Gasteiger partial charge on any atom is 0.434 e. The van der Waals surface area contributed by atoms with E-state index < -0.39 is 47.1 Å². The number of hydrogen-bond donors (Lipinski definition) is 2. The molecule has 1 aromatic carbocycles. The first-order chi connectivity index (χ1) is 18.6. The third kappa shape index (κ3) is 5.66. The lowest BCUT2D eigenvalue weighted by Crippen LogP contribution is -2.40. The molecule has 4 aromatic rings. The zero-order chi connectivity index (χ0) is 27.7. The topological polar surface area (TPSA) is 130 Å². The molecule has 0 radical (unpaired) electrons. The van der Waals surface area contributed by atoms with Crippen molar-refractivity contribution in [1.82, 2.24) is 29.8 Å². The monoisotopic (exact) mass is 546 g/mol. The molecule has 204 valence electrons. The largest absolute Gasteiger partial charge is 0.481 e. The van der Waals surface area contributed by atoms with Crippen LogP contribution in [0.15, 0.2) is 53.3 Å². The van der Waals surface area contributed by atoms with Crippen LogP contribution in [0.5, 0.6) is 0 Å². The summed E-state index contributed by atoms with van der Waals surface area (Å²) in [4.78, 5) is 21.0. The molecule has 1 aliphatic rings. The number of carbonyl (C=O) groups is 1.